The predicted octanol–water partition coefficient (Wildman–Crippen LogP) is 3.03. The number of halogens is 1. The van der Waals surface area contributed by atoms with Crippen LogP contribution in [0.25, 0.3) is 0 Å². The molecule has 2 saturated heterocycles. The van der Waals surface area contributed by atoms with Crippen molar-refractivity contribution in [1.82, 2.24) is 14.7 Å². The summed E-state index contributed by atoms with van der Waals surface area (Å²) in [6.45, 7) is 5.15. The lowest BCUT2D eigenvalue weighted by Gasteiger charge is -2.36. The lowest BCUT2D eigenvalue weighted by molar-refractivity contribution is -0.137. The van der Waals surface area contributed by atoms with E-state index in [1.165, 1.54) is 5.56 Å². The summed E-state index contributed by atoms with van der Waals surface area (Å²) in [4.78, 5) is 31.5. The first-order valence-corrected chi connectivity index (χ1v) is 10.5. The number of piperazine rings is 1. The Bertz CT molecular complexity index is 848. The summed E-state index contributed by atoms with van der Waals surface area (Å²) in [5.41, 5.74) is 2.33. The highest BCUT2D eigenvalue weighted by Gasteiger charge is 2.37. The molecule has 4 rings (SSSR count). The number of carbonyl (C=O) groups excluding carboxylic acids is 2. The average molecular weight is 412 g/mol. The van der Waals surface area contributed by atoms with Gasteiger partial charge in [-0.2, -0.15) is 0 Å². The molecule has 0 aliphatic carbocycles. The minimum atomic E-state index is -0.226. The fraction of sp³-hybridized carbons (Fsp3) is 0.391. The number of hydrogen-bond acceptors (Lipinski definition) is 3. The Balaban J connectivity index is 1.28. The molecule has 6 heteroatoms. The third-order valence-corrected chi connectivity index (χ3v) is 6.04. The fourth-order valence-corrected chi connectivity index (χ4v) is 4.25. The molecule has 2 fully saturated rings. The summed E-state index contributed by atoms with van der Waals surface area (Å²) in [5, 5.41) is 0.681. The highest BCUT2D eigenvalue weighted by atomic mass is 35.5. The minimum absolute atomic E-state index is 0.0565. The third-order valence-electron chi connectivity index (χ3n) is 5.78. The molecule has 0 saturated carbocycles. The molecule has 1 atom stereocenters. The minimum Gasteiger partial charge on any atom is -0.340 e. The summed E-state index contributed by atoms with van der Waals surface area (Å²) >= 11 is 5.93. The zero-order chi connectivity index (χ0) is 20.2. The van der Waals surface area contributed by atoms with E-state index in [1.54, 1.807) is 4.90 Å². The van der Waals surface area contributed by atoms with Gasteiger partial charge in [-0.1, -0.05) is 54.1 Å². The molecule has 0 spiro atoms. The molecule has 2 aliphatic rings. The van der Waals surface area contributed by atoms with Gasteiger partial charge in [0.15, 0.2) is 0 Å². The van der Waals surface area contributed by atoms with Crippen LogP contribution in [0.3, 0.4) is 0 Å². The largest absolute Gasteiger partial charge is 0.340 e. The predicted molar refractivity (Wildman–Crippen MR) is 113 cm³/mol. The van der Waals surface area contributed by atoms with Crippen molar-refractivity contribution < 1.29 is 9.59 Å². The van der Waals surface area contributed by atoms with E-state index in [0.29, 0.717) is 24.5 Å². The molecular formula is C23H26ClN3O2. The first kappa shape index (κ1) is 19.9. The molecule has 0 unspecified atom stereocenters. The molecule has 0 N–H and O–H groups in total. The van der Waals surface area contributed by atoms with Gasteiger partial charge in [0.1, 0.15) is 0 Å². The van der Waals surface area contributed by atoms with E-state index in [2.05, 4.69) is 29.2 Å². The molecule has 2 aromatic rings. The molecule has 29 heavy (non-hydrogen) atoms. The fourth-order valence-electron chi connectivity index (χ4n) is 4.13. The van der Waals surface area contributed by atoms with Crippen LogP contribution < -0.4 is 0 Å². The number of rotatable bonds is 5. The number of amides is 2. The van der Waals surface area contributed by atoms with Gasteiger partial charge < -0.3 is 9.80 Å². The second kappa shape index (κ2) is 8.97. The van der Waals surface area contributed by atoms with Crippen LogP contribution in [0.5, 0.6) is 0 Å². The van der Waals surface area contributed by atoms with E-state index in [9.17, 15) is 9.59 Å². The maximum Gasteiger partial charge on any atom is 0.228 e. The van der Waals surface area contributed by atoms with Crippen molar-refractivity contribution in [2.24, 2.45) is 5.92 Å². The van der Waals surface area contributed by atoms with E-state index in [-0.39, 0.29) is 17.7 Å². The SMILES string of the molecule is O=C1C[C@H](C(=O)N2CCN(Cc3ccccc3)CC2)CN1Cc1ccc(Cl)cc1. The van der Waals surface area contributed by atoms with E-state index >= 15 is 0 Å². The first-order chi connectivity index (χ1) is 14.1. The third kappa shape index (κ3) is 4.98. The average Bonchev–Trinajstić information content (AvgIpc) is 3.11. The van der Waals surface area contributed by atoms with Gasteiger partial charge in [-0.05, 0) is 23.3 Å². The topological polar surface area (TPSA) is 43.9 Å². The second-order valence-electron chi connectivity index (χ2n) is 7.89. The van der Waals surface area contributed by atoms with E-state index in [4.69, 9.17) is 11.6 Å². The van der Waals surface area contributed by atoms with E-state index in [1.807, 2.05) is 35.2 Å². The van der Waals surface area contributed by atoms with Crippen molar-refractivity contribution in [2.45, 2.75) is 19.5 Å². The summed E-state index contributed by atoms with van der Waals surface area (Å²) in [7, 11) is 0. The molecular weight excluding hydrogens is 386 g/mol. The van der Waals surface area contributed by atoms with Crippen molar-refractivity contribution in [3.05, 3.63) is 70.7 Å². The van der Waals surface area contributed by atoms with E-state index < -0.39 is 0 Å². The van der Waals surface area contributed by atoms with Crippen LogP contribution in [0.4, 0.5) is 0 Å². The van der Waals surface area contributed by atoms with Crippen LogP contribution in [-0.2, 0) is 22.7 Å². The molecule has 5 nitrogen and oxygen atoms in total. The Labute approximate surface area is 176 Å². The Morgan fingerprint density at radius 2 is 1.55 bits per heavy atom. The monoisotopic (exact) mass is 411 g/mol. The van der Waals surface area contributed by atoms with Crippen molar-refractivity contribution in [3.63, 3.8) is 0 Å². The first-order valence-electron chi connectivity index (χ1n) is 10.2. The number of nitrogens with zero attached hydrogens (tertiary/aromatic N) is 3. The van der Waals surface area contributed by atoms with Crippen LogP contribution in [0.1, 0.15) is 17.5 Å². The Kier molecular flexibility index (Phi) is 6.16. The van der Waals surface area contributed by atoms with Gasteiger partial charge in [-0.3, -0.25) is 14.5 Å². The Morgan fingerprint density at radius 1 is 0.897 bits per heavy atom. The van der Waals surface area contributed by atoms with Gasteiger partial charge >= 0.3 is 0 Å². The van der Waals surface area contributed by atoms with Crippen LogP contribution in [0, 0.1) is 5.92 Å². The van der Waals surface area contributed by atoms with Crippen LogP contribution in [0.15, 0.2) is 54.6 Å². The molecule has 2 amide bonds. The second-order valence-corrected chi connectivity index (χ2v) is 8.33. The zero-order valence-electron chi connectivity index (χ0n) is 16.5. The van der Waals surface area contributed by atoms with Crippen molar-refractivity contribution in [1.29, 1.82) is 0 Å². The number of hydrogen-bond donors (Lipinski definition) is 0. The Morgan fingerprint density at radius 3 is 2.24 bits per heavy atom. The summed E-state index contributed by atoms with van der Waals surface area (Å²) in [5.74, 6) is -0.0483. The maximum atomic E-state index is 13.0. The summed E-state index contributed by atoms with van der Waals surface area (Å²) in [6, 6.07) is 17.9. The molecule has 2 aliphatic heterocycles. The number of carbonyl (C=O) groups is 2. The maximum absolute atomic E-state index is 13.0. The Hall–Kier alpha value is -2.37. The van der Waals surface area contributed by atoms with Gasteiger partial charge in [0.2, 0.25) is 11.8 Å². The lowest BCUT2D eigenvalue weighted by Crippen LogP contribution is -2.50. The van der Waals surface area contributed by atoms with Crippen LogP contribution in [0.2, 0.25) is 5.02 Å². The standard InChI is InChI=1S/C23H26ClN3O2/c24-21-8-6-19(7-9-21)16-27-17-20(14-22(27)28)23(29)26-12-10-25(11-13-26)15-18-4-2-1-3-5-18/h1-9,20H,10-17H2/t20-/m0/s1. The van der Waals surface area contributed by atoms with Crippen LogP contribution >= 0.6 is 11.6 Å². The van der Waals surface area contributed by atoms with Crippen molar-refractivity contribution in [3.8, 4) is 0 Å². The van der Waals surface area contributed by atoms with Crippen LogP contribution in [-0.4, -0.2) is 59.2 Å². The molecule has 2 aromatic carbocycles. The molecule has 0 radical (unpaired) electrons. The number of benzene rings is 2. The smallest absolute Gasteiger partial charge is 0.228 e. The van der Waals surface area contributed by atoms with Gasteiger partial charge in [0.05, 0.1) is 5.92 Å². The normalized spacial score (nSPS) is 20.3. The molecule has 0 bridgehead atoms. The van der Waals surface area contributed by atoms with Crippen molar-refractivity contribution >= 4 is 23.4 Å². The highest BCUT2D eigenvalue weighted by Crippen LogP contribution is 2.23. The van der Waals surface area contributed by atoms with E-state index in [0.717, 1.165) is 38.3 Å². The van der Waals surface area contributed by atoms with Gasteiger partial charge in [0.25, 0.3) is 0 Å². The lowest BCUT2D eigenvalue weighted by atomic mass is 10.1. The van der Waals surface area contributed by atoms with Gasteiger partial charge in [-0.15, -0.1) is 0 Å². The highest BCUT2D eigenvalue weighted by molar-refractivity contribution is 6.30. The number of likely N-dealkylation sites (tertiary alicyclic amines) is 1. The van der Waals surface area contributed by atoms with Crippen molar-refractivity contribution in [2.75, 3.05) is 32.7 Å². The molecule has 152 valence electrons. The zero-order valence-corrected chi connectivity index (χ0v) is 17.2. The summed E-state index contributed by atoms with van der Waals surface area (Å²) < 4.78 is 0. The quantitative estimate of drug-likeness (QED) is 0.759. The molecule has 0 aromatic heterocycles. The summed E-state index contributed by atoms with van der Waals surface area (Å²) in [6.07, 6.45) is 0.316. The van der Waals surface area contributed by atoms with Gasteiger partial charge in [0, 0.05) is 57.3 Å². The molecule has 2 heterocycles. The van der Waals surface area contributed by atoms with Gasteiger partial charge in [-0.25, -0.2) is 0 Å².